The summed E-state index contributed by atoms with van der Waals surface area (Å²) in [6.45, 7) is 1.76. The molecular weight excluding hydrogens is 334 g/mol. The smallest absolute Gasteiger partial charge is 0.251 e. The lowest BCUT2D eigenvalue weighted by atomic mass is 10.1. The summed E-state index contributed by atoms with van der Waals surface area (Å²) in [5.74, 6) is 1.67. The predicted octanol–water partition coefficient (Wildman–Crippen LogP) is -0.107. The van der Waals surface area contributed by atoms with Gasteiger partial charge < -0.3 is 21.1 Å². The number of aromatic hydroxyl groups is 1. The van der Waals surface area contributed by atoms with Crippen molar-refractivity contribution in [2.75, 3.05) is 20.1 Å². The van der Waals surface area contributed by atoms with Gasteiger partial charge in [0.05, 0.1) is 6.54 Å². The number of carbonyl (C=O) groups is 1. The number of guanidine groups is 1. The Bertz CT molecular complexity index is 770. The van der Waals surface area contributed by atoms with Crippen LogP contribution in [0, 0.1) is 0 Å². The molecule has 0 fully saturated rings. The quantitative estimate of drug-likeness (QED) is 0.337. The maximum absolute atomic E-state index is 12.0. The first kappa shape index (κ1) is 17.7. The number of phenolic OH excluding ortho intramolecular Hbond substituents is 1. The maximum Gasteiger partial charge on any atom is 0.251 e. The molecule has 9 heteroatoms. The number of aromatic nitrogens is 3. The van der Waals surface area contributed by atoms with E-state index in [1.165, 1.54) is 12.1 Å². The second-order valence-corrected chi connectivity index (χ2v) is 6.04. The van der Waals surface area contributed by atoms with Gasteiger partial charge in [-0.3, -0.25) is 9.79 Å². The van der Waals surface area contributed by atoms with Crippen LogP contribution in [0.2, 0.25) is 0 Å². The number of amides is 1. The molecule has 3 rings (SSSR count). The van der Waals surface area contributed by atoms with Gasteiger partial charge in [0.1, 0.15) is 17.9 Å². The van der Waals surface area contributed by atoms with Gasteiger partial charge >= 0.3 is 0 Å². The third-order valence-electron chi connectivity index (χ3n) is 4.20. The lowest BCUT2D eigenvalue weighted by Gasteiger charge is -2.25. The Morgan fingerprint density at radius 1 is 1.31 bits per heavy atom. The van der Waals surface area contributed by atoms with Gasteiger partial charge in [0.2, 0.25) is 0 Å². The Hall–Kier alpha value is -3.10. The number of benzene rings is 1. The van der Waals surface area contributed by atoms with Crippen LogP contribution in [0.1, 0.15) is 22.6 Å². The van der Waals surface area contributed by atoms with Crippen LogP contribution in [0.15, 0.2) is 35.6 Å². The highest BCUT2D eigenvalue weighted by atomic mass is 16.3. The lowest BCUT2D eigenvalue weighted by molar-refractivity contribution is 0.0954. The fourth-order valence-electron chi connectivity index (χ4n) is 2.82. The molecule has 138 valence electrons. The molecule has 2 aromatic rings. The monoisotopic (exact) mass is 357 g/mol. The van der Waals surface area contributed by atoms with Gasteiger partial charge in [0, 0.05) is 38.2 Å². The number of hydrogen-bond acceptors (Lipinski definition) is 5. The summed E-state index contributed by atoms with van der Waals surface area (Å²) in [6, 6.07) is 6.38. The molecule has 0 aliphatic carbocycles. The van der Waals surface area contributed by atoms with E-state index in [1.807, 2.05) is 4.68 Å². The first-order valence-electron chi connectivity index (χ1n) is 8.57. The molecule has 1 atom stereocenters. The molecule has 9 nitrogen and oxygen atoms in total. The lowest BCUT2D eigenvalue weighted by Crippen LogP contribution is -2.48. The normalized spacial score (nSPS) is 16.7. The summed E-state index contributed by atoms with van der Waals surface area (Å²) in [7, 11) is 1.72. The van der Waals surface area contributed by atoms with Crippen molar-refractivity contribution in [1.29, 1.82) is 0 Å². The van der Waals surface area contributed by atoms with Gasteiger partial charge in [-0.05, 0) is 30.7 Å². The highest BCUT2D eigenvalue weighted by Gasteiger charge is 2.20. The Balaban J connectivity index is 1.39. The molecule has 1 aromatic heterocycles. The first-order chi connectivity index (χ1) is 12.7. The van der Waals surface area contributed by atoms with Crippen LogP contribution in [-0.2, 0) is 13.0 Å². The molecule has 4 N–H and O–H groups in total. The van der Waals surface area contributed by atoms with Crippen molar-refractivity contribution in [3.05, 3.63) is 42.0 Å². The highest BCUT2D eigenvalue weighted by molar-refractivity contribution is 5.94. The van der Waals surface area contributed by atoms with Gasteiger partial charge in [-0.15, -0.1) is 0 Å². The van der Waals surface area contributed by atoms with E-state index in [-0.39, 0.29) is 17.7 Å². The highest BCUT2D eigenvalue weighted by Crippen LogP contribution is 2.11. The Labute approximate surface area is 151 Å². The predicted molar refractivity (Wildman–Crippen MR) is 97.1 cm³/mol. The molecule has 26 heavy (non-hydrogen) atoms. The van der Waals surface area contributed by atoms with Crippen LogP contribution >= 0.6 is 0 Å². The van der Waals surface area contributed by atoms with Gasteiger partial charge in [0.15, 0.2) is 5.96 Å². The van der Waals surface area contributed by atoms with Crippen molar-refractivity contribution in [3.8, 4) is 5.75 Å². The molecule has 1 aliphatic heterocycles. The van der Waals surface area contributed by atoms with Crippen LogP contribution in [-0.4, -0.2) is 57.9 Å². The van der Waals surface area contributed by atoms with E-state index in [0.29, 0.717) is 24.6 Å². The fraction of sp³-hybridized carbons (Fsp3) is 0.412. The zero-order valence-corrected chi connectivity index (χ0v) is 14.6. The summed E-state index contributed by atoms with van der Waals surface area (Å²) in [5.41, 5.74) is 0.510. The van der Waals surface area contributed by atoms with Gasteiger partial charge in [-0.2, -0.15) is 5.10 Å². The summed E-state index contributed by atoms with van der Waals surface area (Å²) in [4.78, 5) is 20.4. The number of carbonyl (C=O) groups excluding carboxylic acids is 1. The number of fused-ring (bicyclic) bond motifs is 1. The zero-order chi connectivity index (χ0) is 18.4. The number of aryl methyl sites for hydroxylation is 1. The minimum absolute atomic E-state index is 0.138. The minimum Gasteiger partial charge on any atom is -0.508 e. The molecule has 1 aromatic carbocycles. The van der Waals surface area contributed by atoms with Crippen LogP contribution in [0.3, 0.4) is 0 Å². The molecule has 2 heterocycles. The number of nitrogens with zero attached hydrogens (tertiary/aromatic N) is 4. The van der Waals surface area contributed by atoms with Gasteiger partial charge in [-0.1, -0.05) is 0 Å². The maximum atomic E-state index is 12.0. The zero-order valence-electron chi connectivity index (χ0n) is 14.6. The van der Waals surface area contributed by atoms with Crippen LogP contribution in [0.5, 0.6) is 5.75 Å². The summed E-state index contributed by atoms with van der Waals surface area (Å²) in [5, 5.41) is 22.8. The molecule has 1 aliphatic rings. The number of hydrogen-bond donors (Lipinski definition) is 4. The standard InChI is InChI=1S/C17H23N7O2/c1-18-17(23-13-4-7-15-21-11-22-24(15)10-13)20-9-8-19-16(26)12-2-5-14(25)6-3-12/h2-3,5-6,11,13,25H,4,7-10H2,1H3,(H,19,26)(H2,18,20,23). The van der Waals surface area contributed by atoms with E-state index in [1.54, 1.807) is 25.5 Å². The molecule has 0 saturated heterocycles. The van der Waals surface area contributed by atoms with Gasteiger partial charge in [-0.25, -0.2) is 9.67 Å². The number of phenols is 1. The Kier molecular flexibility index (Phi) is 5.67. The molecule has 0 saturated carbocycles. The second kappa shape index (κ2) is 8.32. The van der Waals surface area contributed by atoms with Crippen LogP contribution < -0.4 is 16.0 Å². The summed E-state index contributed by atoms with van der Waals surface area (Å²) >= 11 is 0. The minimum atomic E-state index is -0.180. The van der Waals surface area contributed by atoms with E-state index in [9.17, 15) is 9.90 Å². The van der Waals surface area contributed by atoms with E-state index in [4.69, 9.17) is 0 Å². The number of nitrogens with one attached hydrogen (secondary N) is 3. The van der Waals surface area contributed by atoms with Crippen molar-refractivity contribution in [3.63, 3.8) is 0 Å². The van der Waals surface area contributed by atoms with E-state index < -0.39 is 0 Å². The van der Waals surface area contributed by atoms with Crippen LogP contribution in [0.4, 0.5) is 0 Å². The summed E-state index contributed by atoms with van der Waals surface area (Å²) < 4.78 is 1.91. The molecule has 0 spiro atoms. The van der Waals surface area contributed by atoms with Crippen molar-refractivity contribution in [1.82, 2.24) is 30.7 Å². The summed E-state index contributed by atoms with van der Waals surface area (Å²) in [6.07, 6.45) is 3.44. The second-order valence-electron chi connectivity index (χ2n) is 6.04. The van der Waals surface area contributed by atoms with Crippen LogP contribution in [0.25, 0.3) is 0 Å². The average Bonchev–Trinajstić information content (AvgIpc) is 3.12. The molecule has 0 radical (unpaired) electrons. The average molecular weight is 357 g/mol. The molecule has 1 amide bonds. The van der Waals surface area contributed by atoms with E-state index >= 15 is 0 Å². The largest absolute Gasteiger partial charge is 0.508 e. The third-order valence-corrected chi connectivity index (χ3v) is 4.20. The molecule has 1 unspecified atom stereocenters. The Morgan fingerprint density at radius 2 is 2.08 bits per heavy atom. The fourth-order valence-corrected chi connectivity index (χ4v) is 2.82. The van der Waals surface area contributed by atoms with Crippen molar-refractivity contribution in [2.45, 2.75) is 25.4 Å². The van der Waals surface area contributed by atoms with Crippen molar-refractivity contribution >= 4 is 11.9 Å². The SMILES string of the molecule is CN=C(NCCNC(=O)c1ccc(O)cc1)NC1CCc2ncnn2C1. The van der Waals surface area contributed by atoms with E-state index in [0.717, 1.165) is 25.2 Å². The van der Waals surface area contributed by atoms with Gasteiger partial charge in [0.25, 0.3) is 5.91 Å². The Morgan fingerprint density at radius 3 is 2.85 bits per heavy atom. The topological polar surface area (TPSA) is 116 Å². The number of aliphatic imine (C=N–C) groups is 1. The molecular formula is C17H23N7O2. The molecule has 0 bridgehead atoms. The van der Waals surface area contributed by atoms with Crippen molar-refractivity contribution in [2.24, 2.45) is 4.99 Å². The third kappa shape index (κ3) is 4.50. The number of rotatable bonds is 5. The van der Waals surface area contributed by atoms with Crippen molar-refractivity contribution < 1.29 is 9.90 Å². The van der Waals surface area contributed by atoms with E-state index in [2.05, 4.69) is 31.0 Å². The first-order valence-corrected chi connectivity index (χ1v) is 8.57.